The minimum atomic E-state index is -5.09. The summed E-state index contributed by atoms with van der Waals surface area (Å²) in [5, 5.41) is 45.0. The Morgan fingerprint density at radius 2 is 0.931 bits per heavy atom. The van der Waals surface area contributed by atoms with Gasteiger partial charge in [0.2, 0.25) is 5.91 Å². The average Bonchev–Trinajstić information content (AvgIpc) is 3.36. The van der Waals surface area contributed by atoms with E-state index >= 15 is 0 Å². The normalized spacial score (nSPS) is 19.6. The molecule has 1 fully saturated rings. The van der Waals surface area contributed by atoms with Crippen molar-refractivity contribution in [1.82, 2.24) is 5.32 Å². The summed E-state index contributed by atoms with van der Waals surface area (Å²) in [6.07, 6.45) is 53.4. The summed E-state index contributed by atoms with van der Waals surface area (Å²) >= 11 is 0. The monoisotopic (exact) mass is 1040 g/mol. The second-order valence-electron chi connectivity index (χ2n) is 20.9. The Bertz CT molecular complexity index is 1410. The van der Waals surface area contributed by atoms with E-state index in [9.17, 15) is 38.2 Å². The van der Waals surface area contributed by atoms with Crippen LogP contribution in [0.3, 0.4) is 0 Å². The van der Waals surface area contributed by atoms with Crippen LogP contribution in [0.5, 0.6) is 0 Å². The van der Waals surface area contributed by atoms with Gasteiger partial charge in [0.15, 0.2) is 6.29 Å². The molecule has 1 amide bonds. The molecule has 0 saturated carbocycles. The predicted octanol–water partition coefficient (Wildman–Crippen LogP) is 14.2. The van der Waals surface area contributed by atoms with Gasteiger partial charge in [0.25, 0.3) is 0 Å². The second-order valence-corrected chi connectivity index (χ2v) is 22.0. The number of amides is 1. The van der Waals surface area contributed by atoms with Gasteiger partial charge in [-0.1, -0.05) is 256 Å². The summed E-state index contributed by atoms with van der Waals surface area (Å²) in [4.78, 5) is 13.1. The van der Waals surface area contributed by atoms with Crippen molar-refractivity contribution in [2.45, 2.75) is 320 Å². The molecule has 7 atom stereocenters. The molecular weight excluding hydrogens is 931 g/mol. The highest BCUT2D eigenvalue weighted by molar-refractivity contribution is 7.80. The summed E-state index contributed by atoms with van der Waals surface area (Å²) in [5.74, 6) is -0.261. The molecule has 1 saturated heterocycles. The Kier molecular flexibility index (Phi) is 46.4. The number of carbonyl (C=O) groups excluding carboxylic acids is 1. The van der Waals surface area contributed by atoms with Gasteiger partial charge >= 0.3 is 10.4 Å². The molecular formula is C59H111NO11S. The van der Waals surface area contributed by atoms with Gasteiger partial charge in [0.1, 0.15) is 24.4 Å². The molecule has 0 aromatic rings. The second kappa shape index (κ2) is 48.9. The topological polar surface area (TPSA) is 192 Å². The number of rotatable bonds is 52. The van der Waals surface area contributed by atoms with Crippen molar-refractivity contribution in [3.63, 3.8) is 0 Å². The third-order valence-electron chi connectivity index (χ3n) is 14.2. The minimum absolute atomic E-state index is 0.261. The Balaban J connectivity index is 2.31. The Labute approximate surface area is 441 Å². The van der Waals surface area contributed by atoms with Crippen LogP contribution in [0, 0.1) is 0 Å². The lowest BCUT2D eigenvalue weighted by Gasteiger charge is -2.41. The number of unbranched alkanes of at least 4 members (excludes halogenated alkanes) is 36. The fourth-order valence-corrected chi connectivity index (χ4v) is 10.1. The maximum absolute atomic E-state index is 13.1. The molecule has 0 aromatic heterocycles. The Morgan fingerprint density at radius 3 is 1.32 bits per heavy atom. The number of hydrogen-bond acceptors (Lipinski definition) is 10. The van der Waals surface area contributed by atoms with Crippen molar-refractivity contribution in [2.75, 3.05) is 13.2 Å². The molecule has 424 valence electrons. The van der Waals surface area contributed by atoms with Crippen LogP contribution in [-0.4, -0.2) is 95.4 Å². The van der Waals surface area contributed by atoms with Gasteiger partial charge in [-0.15, -0.1) is 0 Å². The molecule has 0 bridgehead atoms. The van der Waals surface area contributed by atoms with Crippen molar-refractivity contribution < 1.29 is 51.8 Å². The number of nitrogens with one attached hydrogen (secondary N) is 1. The first-order chi connectivity index (χ1) is 35.0. The molecule has 0 radical (unpaired) electrons. The largest absolute Gasteiger partial charge is 0.397 e. The molecule has 1 rings (SSSR count). The summed E-state index contributed by atoms with van der Waals surface area (Å²) in [5.41, 5.74) is 0. The highest BCUT2D eigenvalue weighted by atomic mass is 32.3. The maximum Gasteiger partial charge on any atom is 0.397 e. The van der Waals surface area contributed by atoms with Crippen molar-refractivity contribution in [1.29, 1.82) is 0 Å². The molecule has 1 heterocycles. The SMILES string of the molecule is CCCCCCCCCCC/C=C\C/C=C\CCCCCCCCCCCCCCCC(=O)NC(COC1OC(CO)C(O)C(OS(=O)(=O)O)C1O)C(O)/C=C/CCCCCCCCCCCCCCCC. The van der Waals surface area contributed by atoms with Gasteiger partial charge in [-0.3, -0.25) is 9.35 Å². The summed E-state index contributed by atoms with van der Waals surface area (Å²) in [6.45, 7) is 3.42. The zero-order chi connectivity index (χ0) is 52.6. The van der Waals surface area contributed by atoms with E-state index in [0.29, 0.717) is 6.42 Å². The fraction of sp³-hybridized carbons (Fsp3) is 0.881. The molecule has 0 aliphatic carbocycles. The molecule has 12 nitrogen and oxygen atoms in total. The number of aliphatic hydroxyl groups is 4. The van der Waals surface area contributed by atoms with Crippen molar-refractivity contribution in [3.8, 4) is 0 Å². The zero-order valence-electron chi connectivity index (χ0n) is 46.0. The van der Waals surface area contributed by atoms with Crippen molar-refractivity contribution in [3.05, 3.63) is 36.5 Å². The highest BCUT2D eigenvalue weighted by Gasteiger charge is 2.48. The first kappa shape index (κ1) is 68.3. The number of ether oxygens (including phenoxy) is 2. The Morgan fingerprint density at radius 1 is 0.556 bits per heavy atom. The first-order valence-corrected chi connectivity index (χ1v) is 31.2. The average molecular weight is 1040 g/mol. The number of allylic oxidation sites excluding steroid dienone is 5. The van der Waals surface area contributed by atoms with Gasteiger partial charge in [-0.05, 0) is 51.4 Å². The number of carbonyl (C=O) groups is 1. The maximum atomic E-state index is 13.1. The van der Waals surface area contributed by atoms with Gasteiger partial charge in [-0.25, -0.2) is 4.18 Å². The van der Waals surface area contributed by atoms with Gasteiger partial charge in [0, 0.05) is 6.42 Å². The lowest BCUT2D eigenvalue weighted by atomic mass is 9.99. The smallest absolute Gasteiger partial charge is 0.394 e. The van der Waals surface area contributed by atoms with Crippen molar-refractivity contribution in [2.24, 2.45) is 0 Å². The van der Waals surface area contributed by atoms with Crippen molar-refractivity contribution >= 4 is 16.3 Å². The van der Waals surface area contributed by atoms with Crippen LogP contribution in [0.4, 0.5) is 0 Å². The van der Waals surface area contributed by atoms with Crippen LogP contribution < -0.4 is 5.32 Å². The zero-order valence-corrected chi connectivity index (χ0v) is 46.8. The number of aliphatic hydroxyl groups excluding tert-OH is 4. The van der Waals surface area contributed by atoms with Gasteiger partial charge < -0.3 is 35.2 Å². The molecule has 7 unspecified atom stereocenters. The Hall–Kier alpha value is -1.68. The van der Waals surface area contributed by atoms with Crippen LogP contribution in [-0.2, 0) is 28.9 Å². The molecule has 1 aliphatic rings. The third kappa shape index (κ3) is 40.6. The van der Waals surface area contributed by atoms with Gasteiger partial charge in [-0.2, -0.15) is 8.42 Å². The van der Waals surface area contributed by atoms with E-state index in [-0.39, 0.29) is 18.9 Å². The molecule has 1 aliphatic heterocycles. The fourth-order valence-electron chi connectivity index (χ4n) is 9.55. The van der Waals surface area contributed by atoms with Crippen LogP contribution in [0.15, 0.2) is 36.5 Å². The standard InChI is InChI=1S/C59H111NO11S/c1-3-5-7-9-11-13-15-17-19-21-22-23-24-25-26-27-28-29-30-31-32-33-35-37-39-41-43-45-47-49-55(63)60-52(51-69-59-57(65)58(71-72(66,67)68)56(64)54(50-61)70-59)53(62)48-46-44-42-40-38-36-34-20-18-16-14-12-10-8-6-4-2/h22-23,25-26,46,48,52-54,56-59,61-62,64-65H,3-21,24,27-45,47,49-51H2,1-2H3,(H,60,63)(H,66,67,68)/b23-22-,26-25-,48-46+. The van der Waals surface area contributed by atoms with Crippen LogP contribution in [0.25, 0.3) is 0 Å². The van der Waals surface area contributed by atoms with Gasteiger partial charge in [0.05, 0.1) is 25.4 Å². The van der Waals surface area contributed by atoms with E-state index in [2.05, 4.69) is 47.7 Å². The highest BCUT2D eigenvalue weighted by Crippen LogP contribution is 2.26. The first-order valence-electron chi connectivity index (χ1n) is 29.9. The summed E-state index contributed by atoms with van der Waals surface area (Å²) in [6, 6.07) is -0.945. The third-order valence-corrected chi connectivity index (χ3v) is 14.6. The minimum Gasteiger partial charge on any atom is -0.394 e. The molecule has 6 N–H and O–H groups in total. The quantitative estimate of drug-likeness (QED) is 0.0193. The lowest BCUT2D eigenvalue weighted by molar-refractivity contribution is -0.298. The van der Waals surface area contributed by atoms with Crippen LogP contribution >= 0.6 is 0 Å². The number of hydrogen-bond donors (Lipinski definition) is 6. The summed E-state index contributed by atoms with van der Waals surface area (Å²) < 4.78 is 47.8. The molecule has 72 heavy (non-hydrogen) atoms. The van der Waals surface area contributed by atoms with E-state index in [0.717, 1.165) is 44.9 Å². The van der Waals surface area contributed by atoms with E-state index in [4.69, 9.17) is 9.47 Å². The summed E-state index contributed by atoms with van der Waals surface area (Å²) in [7, 11) is -5.09. The van der Waals surface area contributed by atoms with Crippen LogP contribution in [0.1, 0.15) is 277 Å². The van der Waals surface area contributed by atoms with E-state index in [1.165, 1.54) is 205 Å². The lowest BCUT2D eigenvalue weighted by Crippen LogP contribution is -2.61. The molecule has 0 spiro atoms. The van der Waals surface area contributed by atoms with Crippen LogP contribution in [0.2, 0.25) is 0 Å². The van der Waals surface area contributed by atoms with E-state index in [1.807, 2.05) is 6.08 Å². The predicted molar refractivity (Wildman–Crippen MR) is 296 cm³/mol. The molecule has 0 aromatic carbocycles. The van der Waals surface area contributed by atoms with E-state index in [1.54, 1.807) is 6.08 Å². The molecule has 13 heteroatoms. The van der Waals surface area contributed by atoms with E-state index < -0.39 is 59.9 Å².